The predicted octanol–water partition coefficient (Wildman–Crippen LogP) is 4.56. The average molecular weight is 417 g/mol. The molecule has 156 valence electrons. The summed E-state index contributed by atoms with van der Waals surface area (Å²) in [6.45, 7) is 0.734. The van der Waals surface area contributed by atoms with Crippen LogP contribution in [0.4, 0.5) is 23.7 Å². The van der Waals surface area contributed by atoms with Crippen LogP contribution in [-0.2, 0) is 6.18 Å². The van der Waals surface area contributed by atoms with E-state index in [1.165, 1.54) is 23.1 Å². The number of carbonyl (C=O) groups excluding carboxylic acids is 1. The Labute approximate surface area is 169 Å². The highest BCUT2D eigenvalue weighted by Gasteiger charge is 2.34. The van der Waals surface area contributed by atoms with Gasteiger partial charge in [-0.05, 0) is 37.1 Å². The van der Waals surface area contributed by atoms with Crippen LogP contribution in [-0.4, -0.2) is 39.1 Å². The molecule has 30 heavy (non-hydrogen) atoms. The van der Waals surface area contributed by atoms with E-state index in [2.05, 4.69) is 20.4 Å². The molecule has 1 N–H and O–H groups in total. The fourth-order valence-electron chi connectivity index (χ4n) is 3.36. The number of alkyl halides is 3. The van der Waals surface area contributed by atoms with Crippen LogP contribution in [0.5, 0.6) is 0 Å². The molecule has 0 spiro atoms. The predicted molar refractivity (Wildman–Crippen MR) is 102 cm³/mol. The van der Waals surface area contributed by atoms with E-state index in [0.717, 1.165) is 6.07 Å². The van der Waals surface area contributed by atoms with Crippen molar-refractivity contribution in [2.45, 2.75) is 24.9 Å². The Morgan fingerprint density at radius 1 is 1.10 bits per heavy atom. The van der Waals surface area contributed by atoms with Gasteiger partial charge in [-0.25, -0.2) is 4.79 Å². The quantitative estimate of drug-likeness (QED) is 0.675. The number of carbonyl (C=O) groups is 1. The molecule has 3 aromatic rings. The number of hydrogen-bond acceptors (Lipinski definition) is 5. The number of pyridine rings is 1. The van der Waals surface area contributed by atoms with Gasteiger partial charge in [0, 0.05) is 25.2 Å². The summed E-state index contributed by atoms with van der Waals surface area (Å²) in [5.74, 6) is 0.842. The maximum absolute atomic E-state index is 13.1. The minimum absolute atomic E-state index is 0.0264. The number of rotatable bonds is 3. The minimum atomic E-state index is -4.54. The highest BCUT2D eigenvalue weighted by Crippen LogP contribution is 2.35. The van der Waals surface area contributed by atoms with Crippen molar-refractivity contribution in [3.05, 3.63) is 60.1 Å². The Hall–Kier alpha value is -3.43. The van der Waals surface area contributed by atoms with Gasteiger partial charge in [-0.15, -0.1) is 0 Å². The average Bonchev–Trinajstić information content (AvgIpc) is 3.24. The van der Waals surface area contributed by atoms with Crippen LogP contribution in [0, 0.1) is 0 Å². The molecule has 4 rings (SSSR count). The van der Waals surface area contributed by atoms with Crippen LogP contribution in [0.25, 0.3) is 11.5 Å². The summed E-state index contributed by atoms with van der Waals surface area (Å²) < 4.78 is 44.7. The van der Waals surface area contributed by atoms with Crippen LogP contribution >= 0.6 is 0 Å². The van der Waals surface area contributed by atoms with Crippen molar-refractivity contribution in [3.8, 4) is 11.5 Å². The highest BCUT2D eigenvalue weighted by atomic mass is 19.4. The molecule has 0 atom stereocenters. The summed E-state index contributed by atoms with van der Waals surface area (Å²) in [6.07, 6.45) is -1.77. The molecule has 1 fully saturated rings. The Kier molecular flexibility index (Phi) is 5.39. The van der Waals surface area contributed by atoms with Crippen LogP contribution < -0.4 is 5.32 Å². The van der Waals surface area contributed by atoms with Crippen molar-refractivity contribution in [1.29, 1.82) is 0 Å². The van der Waals surface area contributed by atoms with E-state index >= 15 is 0 Å². The summed E-state index contributed by atoms with van der Waals surface area (Å²) in [5.41, 5.74) is -0.525. The molecule has 0 saturated carbocycles. The van der Waals surface area contributed by atoms with E-state index in [1.54, 1.807) is 18.3 Å². The van der Waals surface area contributed by atoms with Gasteiger partial charge in [0.2, 0.25) is 11.7 Å². The molecule has 10 heteroatoms. The molecule has 0 radical (unpaired) electrons. The number of nitrogens with zero attached hydrogens (tertiary/aromatic N) is 4. The number of piperidine rings is 1. The molecule has 7 nitrogen and oxygen atoms in total. The van der Waals surface area contributed by atoms with E-state index in [-0.39, 0.29) is 11.6 Å². The van der Waals surface area contributed by atoms with Gasteiger partial charge in [0.15, 0.2) is 0 Å². The number of hydrogen-bond donors (Lipinski definition) is 1. The molecule has 3 heterocycles. The second-order valence-electron chi connectivity index (χ2n) is 6.91. The third-order valence-electron chi connectivity index (χ3n) is 4.94. The van der Waals surface area contributed by atoms with Crippen LogP contribution in [0.1, 0.15) is 30.2 Å². The highest BCUT2D eigenvalue weighted by molar-refractivity contribution is 5.90. The zero-order chi connectivity index (χ0) is 21.1. The standard InChI is InChI=1S/C20H18F3N5O2/c21-20(22,23)14-5-1-2-6-15(14)25-19(29)28-11-8-13(9-12-28)18-26-17(27-30-18)16-7-3-4-10-24-16/h1-7,10,13H,8-9,11-12H2,(H,25,29). The fourth-order valence-corrected chi connectivity index (χ4v) is 3.36. The Bertz CT molecular complexity index is 1010. The van der Waals surface area contributed by atoms with Gasteiger partial charge in [-0.1, -0.05) is 23.4 Å². The minimum Gasteiger partial charge on any atom is -0.339 e. The van der Waals surface area contributed by atoms with Crippen molar-refractivity contribution >= 4 is 11.7 Å². The molecular formula is C20H18F3N5O2. The van der Waals surface area contributed by atoms with Crippen LogP contribution in [0.2, 0.25) is 0 Å². The number of aromatic nitrogens is 3. The number of para-hydroxylation sites is 1. The Morgan fingerprint density at radius 2 is 1.83 bits per heavy atom. The molecule has 1 saturated heterocycles. The first-order valence-corrected chi connectivity index (χ1v) is 9.39. The first-order valence-electron chi connectivity index (χ1n) is 9.39. The summed E-state index contributed by atoms with van der Waals surface area (Å²) in [7, 11) is 0. The summed E-state index contributed by atoms with van der Waals surface area (Å²) in [4.78, 5) is 22.5. The molecule has 0 aliphatic carbocycles. The lowest BCUT2D eigenvalue weighted by Gasteiger charge is -2.30. The van der Waals surface area contributed by atoms with E-state index < -0.39 is 17.8 Å². The van der Waals surface area contributed by atoms with Crippen molar-refractivity contribution in [2.75, 3.05) is 18.4 Å². The maximum Gasteiger partial charge on any atom is 0.418 e. The first-order chi connectivity index (χ1) is 14.4. The van der Waals surface area contributed by atoms with Gasteiger partial charge in [0.25, 0.3) is 0 Å². The van der Waals surface area contributed by atoms with Gasteiger partial charge in [-0.3, -0.25) is 4.98 Å². The fraction of sp³-hybridized carbons (Fsp3) is 0.300. The monoisotopic (exact) mass is 417 g/mol. The van der Waals surface area contributed by atoms with Crippen molar-refractivity contribution in [1.82, 2.24) is 20.0 Å². The van der Waals surface area contributed by atoms with Gasteiger partial charge in [0.1, 0.15) is 5.69 Å². The lowest BCUT2D eigenvalue weighted by molar-refractivity contribution is -0.136. The second-order valence-corrected chi connectivity index (χ2v) is 6.91. The van der Waals surface area contributed by atoms with Crippen LogP contribution in [0.3, 0.4) is 0 Å². The number of halogens is 3. The molecule has 0 unspecified atom stereocenters. The number of amides is 2. The first kappa shape index (κ1) is 19.9. The normalized spacial score (nSPS) is 15.2. The third kappa shape index (κ3) is 4.27. The number of anilines is 1. The van der Waals surface area contributed by atoms with Crippen LogP contribution in [0.15, 0.2) is 53.2 Å². The molecule has 1 aliphatic rings. The van der Waals surface area contributed by atoms with Crippen molar-refractivity contribution in [3.63, 3.8) is 0 Å². The van der Waals surface area contributed by atoms with Crippen molar-refractivity contribution < 1.29 is 22.5 Å². The Balaban J connectivity index is 1.37. The van der Waals surface area contributed by atoms with Gasteiger partial charge >= 0.3 is 12.2 Å². The summed E-state index contributed by atoms with van der Waals surface area (Å²) in [6, 6.07) is 9.75. The smallest absolute Gasteiger partial charge is 0.339 e. The summed E-state index contributed by atoms with van der Waals surface area (Å²) >= 11 is 0. The molecule has 2 aromatic heterocycles. The van der Waals surface area contributed by atoms with Gasteiger partial charge in [-0.2, -0.15) is 18.2 Å². The lowest BCUT2D eigenvalue weighted by atomic mass is 9.97. The van der Waals surface area contributed by atoms with Gasteiger partial charge < -0.3 is 14.7 Å². The molecule has 2 amide bonds. The molecule has 1 aromatic carbocycles. The lowest BCUT2D eigenvalue weighted by Crippen LogP contribution is -2.40. The van der Waals surface area contributed by atoms with Crippen molar-refractivity contribution in [2.24, 2.45) is 0 Å². The largest absolute Gasteiger partial charge is 0.418 e. The third-order valence-corrected chi connectivity index (χ3v) is 4.94. The van der Waals surface area contributed by atoms with E-state index in [1.807, 2.05) is 6.07 Å². The van der Waals surface area contributed by atoms with Gasteiger partial charge in [0.05, 0.1) is 11.3 Å². The number of urea groups is 1. The summed E-state index contributed by atoms with van der Waals surface area (Å²) in [5, 5.41) is 6.33. The zero-order valence-corrected chi connectivity index (χ0v) is 15.8. The topological polar surface area (TPSA) is 84.2 Å². The van der Waals surface area contributed by atoms with E-state index in [9.17, 15) is 18.0 Å². The number of benzene rings is 1. The second kappa shape index (κ2) is 8.13. The zero-order valence-electron chi connectivity index (χ0n) is 15.8. The number of nitrogens with one attached hydrogen (secondary N) is 1. The molecule has 0 bridgehead atoms. The Morgan fingerprint density at radius 3 is 2.53 bits per heavy atom. The van der Waals surface area contributed by atoms with E-state index in [0.29, 0.717) is 43.3 Å². The molecular weight excluding hydrogens is 399 g/mol. The van der Waals surface area contributed by atoms with E-state index in [4.69, 9.17) is 4.52 Å². The number of likely N-dealkylation sites (tertiary alicyclic amines) is 1. The maximum atomic E-state index is 13.1. The molecule has 1 aliphatic heterocycles. The SMILES string of the molecule is O=C(Nc1ccccc1C(F)(F)F)N1CCC(c2nc(-c3ccccn3)no2)CC1.